The molecular formula is C21H20N3O3S2+. The summed E-state index contributed by atoms with van der Waals surface area (Å²) in [7, 11) is -3.95. The Bertz CT molecular complexity index is 1180. The molecule has 8 heteroatoms. The summed E-state index contributed by atoms with van der Waals surface area (Å²) < 4.78 is 29.9. The van der Waals surface area contributed by atoms with Gasteiger partial charge >= 0.3 is 15.8 Å². The van der Waals surface area contributed by atoms with E-state index in [1.54, 1.807) is 30.3 Å². The zero-order chi connectivity index (χ0) is 21.0. The van der Waals surface area contributed by atoms with Gasteiger partial charge in [-0.3, -0.25) is 0 Å². The van der Waals surface area contributed by atoms with E-state index in [2.05, 4.69) is 10.5 Å². The van der Waals surface area contributed by atoms with Gasteiger partial charge in [-0.05, 0) is 56.7 Å². The Balaban J connectivity index is 1.82. The highest BCUT2D eigenvalue weighted by Gasteiger charge is 2.18. The van der Waals surface area contributed by atoms with Crippen molar-refractivity contribution >= 4 is 33.3 Å². The average Bonchev–Trinajstić information content (AvgIpc) is 2.70. The smallest absolute Gasteiger partial charge is 0.248 e. The number of rotatable bonds is 6. The predicted octanol–water partition coefficient (Wildman–Crippen LogP) is 5.98. The van der Waals surface area contributed by atoms with Crippen molar-refractivity contribution < 1.29 is 12.7 Å². The Hall–Kier alpha value is -2.86. The molecule has 0 aromatic heterocycles. The molecule has 0 aliphatic rings. The third-order valence-corrected chi connectivity index (χ3v) is 6.67. The summed E-state index contributed by atoms with van der Waals surface area (Å²) in [6.07, 6.45) is 0. The van der Waals surface area contributed by atoms with E-state index in [9.17, 15) is 8.42 Å². The zero-order valence-corrected chi connectivity index (χ0v) is 17.8. The Morgan fingerprint density at radius 1 is 0.931 bits per heavy atom. The molecule has 0 heterocycles. The number of nitrogens with one attached hydrogen (secondary N) is 1. The molecule has 29 heavy (non-hydrogen) atoms. The van der Waals surface area contributed by atoms with Crippen LogP contribution in [0.2, 0.25) is 0 Å². The highest BCUT2D eigenvalue weighted by atomic mass is 32.2. The van der Waals surface area contributed by atoms with Crippen LogP contribution in [0.25, 0.3) is 4.98 Å². The molecule has 0 saturated carbocycles. The summed E-state index contributed by atoms with van der Waals surface area (Å²) in [4.78, 5) is 5.12. The lowest BCUT2D eigenvalue weighted by atomic mass is 10.1. The number of para-hydroxylation sites is 1. The second-order valence-electron chi connectivity index (χ2n) is 6.55. The zero-order valence-electron chi connectivity index (χ0n) is 16.2. The highest BCUT2D eigenvalue weighted by Crippen LogP contribution is 2.38. The maximum absolute atomic E-state index is 12.4. The van der Waals surface area contributed by atoms with E-state index in [1.165, 1.54) is 23.9 Å². The fourth-order valence-electron chi connectivity index (χ4n) is 2.60. The van der Waals surface area contributed by atoms with Gasteiger partial charge in [-0.25, -0.2) is 5.48 Å². The molecule has 0 saturated heterocycles. The van der Waals surface area contributed by atoms with Gasteiger partial charge in [-0.2, -0.15) is 8.42 Å². The van der Waals surface area contributed by atoms with Crippen LogP contribution < -0.4 is 5.48 Å². The molecule has 0 atom stereocenters. The summed E-state index contributed by atoms with van der Waals surface area (Å²) in [6, 6.07) is 17.4. The third-order valence-electron chi connectivity index (χ3n) is 4.28. The summed E-state index contributed by atoms with van der Waals surface area (Å²) in [5.74, 6) is 0. The molecule has 0 aliphatic carbocycles. The maximum atomic E-state index is 12.4. The molecule has 0 unspecified atom stereocenters. The lowest BCUT2D eigenvalue weighted by Gasteiger charge is -2.13. The van der Waals surface area contributed by atoms with E-state index < -0.39 is 10.1 Å². The quantitative estimate of drug-likeness (QED) is 0.386. The van der Waals surface area contributed by atoms with E-state index in [-0.39, 0.29) is 4.90 Å². The van der Waals surface area contributed by atoms with Gasteiger partial charge in [0, 0.05) is 21.4 Å². The van der Waals surface area contributed by atoms with Crippen LogP contribution in [0.3, 0.4) is 0 Å². The van der Waals surface area contributed by atoms with Gasteiger partial charge < -0.3 is 0 Å². The van der Waals surface area contributed by atoms with E-state index in [0.717, 1.165) is 26.5 Å². The summed E-state index contributed by atoms with van der Waals surface area (Å²) in [5, 5.41) is 9.06. The predicted molar refractivity (Wildman–Crippen MR) is 114 cm³/mol. The molecule has 0 spiro atoms. The topological polar surface area (TPSA) is 83.6 Å². The fraction of sp³-hybridized carbons (Fsp3) is 0.143. The lowest BCUT2D eigenvalue weighted by molar-refractivity contribution is 0.389. The van der Waals surface area contributed by atoms with Crippen molar-refractivity contribution in [3.05, 3.63) is 82.3 Å². The van der Waals surface area contributed by atoms with Crippen molar-refractivity contribution in [1.82, 2.24) is 0 Å². The Labute approximate surface area is 174 Å². The van der Waals surface area contributed by atoms with Gasteiger partial charge in [-0.15, -0.1) is 4.28 Å². The first kappa shape index (κ1) is 20.9. The fourth-order valence-corrected chi connectivity index (χ4v) is 4.43. The van der Waals surface area contributed by atoms with Crippen LogP contribution in [-0.4, -0.2) is 8.42 Å². The first-order valence-corrected chi connectivity index (χ1v) is 11.0. The first-order valence-electron chi connectivity index (χ1n) is 8.79. The molecule has 0 fully saturated rings. The number of aryl methyl sites for hydroxylation is 3. The van der Waals surface area contributed by atoms with E-state index >= 15 is 0 Å². The monoisotopic (exact) mass is 426 g/mol. The molecule has 3 aromatic rings. The van der Waals surface area contributed by atoms with Gasteiger partial charge in [0.2, 0.25) is 5.39 Å². The van der Waals surface area contributed by atoms with Gasteiger partial charge in [0.05, 0.1) is 10.6 Å². The second-order valence-corrected chi connectivity index (χ2v) is 9.19. The minimum absolute atomic E-state index is 0.0792. The van der Waals surface area contributed by atoms with E-state index in [1.807, 2.05) is 39.0 Å². The van der Waals surface area contributed by atoms with Crippen molar-refractivity contribution in [3.8, 4) is 0 Å². The third kappa shape index (κ3) is 4.95. The van der Waals surface area contributed by atoms with Gasteiger partial charge in [0.1, 0.15) is 0 Å². The van der Waals surface area contributed by atoms with E-state index in [0.29, 0.717) is 11.4 Å². The molecule has 1 N–H and O–H groups in total. The molecule has 0 amide bonds. The molecule has 0 aliphatic heterocycles. The molecule has 148 valence electrons. The number of hydrogen-bond acceptors (Lipinski definition) is 6. The van der Waals surface area contributed by atoms with Crippen LogP contribution in [0.15, 0.2) is 75.4 Å². The molecule has 3 aromatic carbocycles. The number of anilines is 1. The van der Waals surface area contributed by atoms with Crippen molar-refractivity contribution in [1.29, 1.82) is 5.39 Å². The normalized spacial score (nSPS) is 11.1. The molecule has 0 radical (unpaired) electrons. The van der Waals surface area contributed by atoms with Crippen LogP contribution in [0.5, 0.6) is 0 Å². The standard InChI is InChI=1S/C21H20N3O3S2/c1-14-8-10-17(11-9-14)29(25,26)27-24-18-6-4-5-7-20(18)28-21-13-15(2)19(23-22)12-16(21)3/h4-13,24H,1-3H3/q+1. The molecular weight excluding hydrogens is 406 g/mol. The van der Waals surface area contributed by atoms with Crippen molar-refractivity contribution in [2.75, 3.05) is 5.48 Å². The Morgan fingerprint density at radius 2 is 1.62 bits per heavy atom. The van der Waals surface area contributed by atoms with Crippen LogP contribution in [-0.2, 0) is 14.4 Å². The first-order chi connectivity index (χ1) is 13.8. The highest BCUT2D eigenvalue weighted by molar-refractivity contribution is 7.99. The SMILES string of the molecule is Cc1ccc(S(=O)(=O)ONc2ccccc2Sc2cc(C)c([N+]#N)cc2C)cc1. The number of diazo groups is 1. The van der Waals surface area contributed by atoms with E-state index in [4.69, 9.17) is 9.68 Å². The average molecular weight is 427 g/mol. The van der Waals surface area contributed by atoms with Gasteiger partial charge in [0.25, 0.3) is 0 Å². The summed E-state index contributed by atoms with van der Waals surface area (Å²) >= 11 is 1.46. The largest absolute Gasteiger partial charge is 0.388 e. The number of benzene rings is 3. The minimum atomic E-state index is -3.95. The maximum Gasteiger partial charge on any atom is 0.388 e. The number of nitrogens with zero attached hydrogens (tertiary/aromatic N) is 2. The van der Waals surface area contributed by atoms with Crippen LogP contribution in [0, 0.1) is 26.2 Å². The Kier molecular flexibility index (Phi) is 6.23. The van der Waals surface area contributed by atoms with Crippen LogP contribution in [0.4, 0.5) is 11.4 Å². The minimum Gasteiger partial charge on any atom is -0.248 e. The summed E-state index contributed by atoms with van der Waals surface area (Å²) in [5.41, 5.74) is 6.37. The second kappa shape index (κ2) is 8.66. The lowest BCUT2D eigenvalue weighted by Crippen LogP contribution is -2.12. The van der Waals surface area contributed by atoms with Gasteiger partial charge in [-0.1, -0.05) is 41.6 Å². The number of hydrogen-bond donors (Lipinski definition) is 1. The van der Waals surface area contributed by atoms with Crippen molar-refractivity contribution in [2.24, 2.45) is 0 Å². The van der Waals surface area contributed by atoms with Gasteiger partial charge in [0.15, 0.2) is 4.98 Å². The summed E-state index contributed by atoms with van der Waals surface area (Å²) in [6.45, 7) is 5.67. The molecule has 3 rings (SSSR count). The van der Waals surface area contributed by atoms with Crippen LogP contribution in [0.1, 0.15) is 16.7 Å². The molecule has 6 nitrogen and oxygen atoms in total. The molecule has 0 bridgehead atoms. The van der Waals surface area contributed by atoms with Crippen molar-refractivity contribution in [3.63, 3.8) is 0 Å². The van der Waals surface area contributed by atoms with Crippen LogP contribution >= 0.6 is 11.8 Å². The van der Waals surface area contributed by atoms with Crippen molar-refractivity contribution in [2.45, 2.75) is 35.5 Å². The Morgan fingerprint density at radius 3 is 2.31 bits per heavy atom.